The van der Waals surface area contributed by atoms with Gasteiger partial charge in [0.05, 0.1) is 15.9 Å². The molecule has 1 saturated carbocycles. The van der Waals surface area contributed by atoms with Crippen LogP contribution in [0.1, 0.15) is 57.0 Å². The van der Waals surface area contributed by atoms with E-state index in [1.807, 2.05) is 11.8 Å². The van der Waals surface area contributed by atoms with Crippen molar-refractivity contribution in [3.63, 3.8) is 0 Å². The van der Waals surface area contributed by atoms with Gasteiger partial charge < -0.3 is 0 Å². The highest BCUT2D eigenvalue weighted by atomic mass is 79.9. The molecular formula is C14H20BrClN2S. The standard InChI is InChI=1S/C14H20BrClN2S/c1-2-6-11-13(15)14(16)18-12(17-11)9-19-10-7-4-3-5-8-10/h10H,2-9H2,1H3. The molecule has 1 fully saturated rings. The summed E-state index contributed by atoms with van der Waals surface area (Å²) in [6.45, 7) is 2.15. The van der Waals surface area contributed by atoms with Crippen LogP contribution in [0.3, 0.4) is 0 Å². The van der Waals surface area contributed by atoms with Crippen molar-refractivity contribution in [2.75, 3.05) is 0 Å². The molecule has 2 rings (SSSR count). The molecule has 0 bridgehead atoms. The van der Waals surface area contributed by atoms with Crippen LogP contribution in [0.5, 0.6) is 0 Å². The SMILES string of the molecule is CCCc1nc(CSC2CCCCC2)nc(Cl)c1Br. The number of halogens is 2. The fourth-order valence-corrected chi connectivity index (χ4v) is 4.17. The number of aryl methyl sites for hydroxylation is 1. The third kappa shape index (κ3) is 4.61. The molecule has 0 aromatic carbocycles. The van der Waals surface area contributed by atoms with E-state index < -0.39 is 0 Å². The van der Waals surface area contributed by atoms with Gasteiger partial charge in [0.1, 0.15) is 11.0 Å². The second kappa shape index (κ2) is 7.84. The van der Waals surface area contributed by atoms with E-state index in [1.165, 1.54) is 32.1 Å². The molecular weight excluding hydrogens is 344 g/mol. The molecule has 1 aliphatic rings. The Morgan fingerprint density at radius 3 is 2.68 bits per heavy atom. The van der Waals surface area contributed by atoms with Gasteiger partial charge in [-0.25, -0.2) is 9.97 Å². The van der Waals surface area contributed by atoms with E-state index in [4.69, 9.17) is 11.6 Å². The Hall–Kier alpha value is 0.200. The largest absolute Gasteiger partial charge is 0.236 e. The summed E-state index contributed by atoms with van der Waals surface area (Å²) in [5, 5.41) is 1.34. The van der Waals surface area contributed by atoms with Crippen molar-refractivity contribution in [1.29, 1.82) is 0 Å². The van der Waals surface area contributed by atoms with Crippen LogP contribution in [0.2, 0.25) is 5.15 Å². The van der Waals surface area contributed by atoms with Crippen molar-refractivity contribution in [1.82, 2.24) is 9.97 Å². The number of hydrogen-bond acceptors (Lipinski definition) is 3. The molecule has 1 aliphatic carbocycles. The second-order valence-corrected chi connectivity index (χ2v) is 7.45. The summed E-state index contributed by atoms with van der Waals surface area (Å²) in [6.07, 6.45) is 8.86. The van der Waals surface area contributed by atoms with Crippen molar-refractivity contribution >= 4 is 39.3 Å². The van der Waals surface area contributed by atoms with E-state index in [1.54, 1.807) is 0 Å². The van der Waals surface area contributed by atoms with E-state index in [0.29, 0.717) is 5.15 Å². The zero-order chi connectivity index (χ0) is 13.7. The minimum atomic E-state index is 0.553. The first kappa shape index (κ1) is 15.6. The van der Waals surface area contributed by atoms with Crippen molar-refractivity contribution < 1.29 is 0 Å². The third-order valence-corrected chi connectivity index (χ3v) is 6.12. The third-order valence-electron chi connectivity index (χ3n) is 3.41. The van der Waals surface area contributed by atoms with E-state index in [9.17, 15) is 0 Å². The first-order valence-corrected chi connectivity index (χ1v) is 9.25. The summed E-state index contributed by atoms with van der Waals surface area (Å²) < 4.78 is 0.863. The topological polar surface area (TPSA) is 25.8 Å². The molecule has 106 valence electrons. The fraction of sp³-hybridized carbons (Fsp3) is 0.714. The van der Waals surface area contributed by atoms with Gasteiger partial charge in [-0.2, -0.15) is 11.8 Å². The molecule has 1 aromatic rings. The van der Waals surface area contributed by atoms with Crippen LogP contribution in [-0.4, -0.2) is 15.2 Å². The lowest BCUT2D eigenvalue weighted by Crippen LogP contribution is -2.09. The van der Waals surface area contributed by atoms with Gasteiger partial charge in [-0.05, 0) is 35.2 Å². The maximum absolute atomic E-state index is 6.17. The minimum Gasteiger partial charge on any atom is -0.236 e. The van der Waals surface area contributed by atoms with Gasteiger partial charge in [0.15, 0.2) is 0 Å². The second-order valence-electron chi connectivity index (χ2n) is 5.01. The molecule has 0 unspecified atom stereocenters. The Kier molecular flexibility index (Phi) is 6.43. The number of rotatable bonds is 5. The predicted octanol–water partition coefficient (Wildman–Crippen LogP) is 5.41. The smallest absolute Gasteiger partial charge is 0.147 e. The lowest BCUT2D eigenvalue weighted by Gasteiger charge is -2.20. The van der Waals surface area contributed by atoms with Crippen LogP contribution in [0, 0.1) is 0 Å². The van der Waals surface area contributed by atoms with Gasteiger partial charge in [-0.1, -0.05) is 44.2 Å². The van der Waals surface area contributed by atoms with Gasteiger partial charge in [0, 0.05) is 5.25 Å². The Labute approximate surface area is 133 Å². The lowest BCUT2D eigenvalue weighted by atomic mass is 10.0. The first-order valence-electron chi connectivity index (χ1n) is 7.03. The number of thioether (sulfide) groups is 1. The highest BCUT2D eigenvalue weighted by molar-refractivity contribution is 9.10. The van der Waals surface area contributed by atoms with Crippen LogP contribution in [0.4, 0.5) is 0 Å². The van der Waals surface area contributed by atoms with Crippen LogP contribution >= 0.6 is 39.3 Å². The summed E-state index contributed by atoms with van der Waals surface area (Å²) in [5.74, 6) is 1.77. The maximum Gasteiger partial charge on any atom is 0.147 e. The molecule has 0 atom stereocenters. The van der Waals surface area contributed by atoms with Crippen molar-refractivity contribution in [2.45, 2.75) is 62.9 Å². The van der Waals surface area contributed by atoms with Gasteiger partial charge in [-0.15, -0.1) is 0 Å². The van der Waals surface area contributed by atoms with Crippen LogP contribution in [0.15, 0.2) is 4.47 Å². The lowest BCUT2D eigenvalue weighted by molar-refractivity contribution is 0.516. The number of aromatic nitrogens is 2. The molecule has 0 spiro atoms. The molecule has 1 heterocycles. The molecule has 0 radical (unpaired) electrons. The Bertz CT molecular complexity index is 422. The highest BCUT2D eigenvalue weighted by Gasteiger charge is 2.16. The predicted molar refractivity (Wildman–Crippen MR) is 86.9 cm³/mol. The zero-order valence-electron chi connectivity index (χ0n) is 11.3. The minimum absolute atomic E-state index is 0.553. The van der Waals surface area contributed by atoms with E-state index in [0.717, 1.165) is 39.8 Å². The summed E-state index contributed by atoms with van der Waals surface area (Å²) in [5.41, 5.74) is 1.04. The Morgan fingerprint density at radius 2 is 2.00 bits per heavy atom. The van der Waals surface area contributed by atoms with Gasteiger partial charge in [0.2, 0.25) is 0 Å². The van der Waals surface area contributed by atoms with E-state index in [2.05, 4.69) is 32.8 Å². The van der Waals surface area contributed by atoms with Gasteiger partial charge >= 0.3 is 0 Å². The van der Waals surface area contributed by atoms with Gasteiger partial charge in [-0.3, -0.25) is 0 Å². The number of nitrogens with zero attached hydrogens (tertiary/aromatic N) is 2. The molecule has 0 saturated heterocycles. The molecule has 5 heteroatoms. The van der Waals surface area contributed by atoms with Crippen LogP contribution in [-0.2, 0) is 12.2 Å². The Balaban J connectivity index is 1.99. The number of hydrogen-bond donors (Lipinski definition) is 0. The van der Waals surface area contributed by atoms with E-state index in [-0.39, 0.29) is 0 Å². The van der Waals surface area contributed by atoms with E-state index >= 15 is 0 Å². The monoisotopic (exact) mass is 362 g/mol. The fourth-order valence-electron chi connectivity index (χ4n) is 2.40. The molecule has 0 amide bonds. The average Bonchev–Trinajstić information content (AvgIpc) is 2.43. The van der Waals surface area contributed by atoms with Gasteiger partial charge in [0.25, 0.3) is 0 Å². The van der Waals surface area contributed by atoms with Crippen LogP contribution in [0.25, 0.3) is 0 Å². The Morgan fingerprint density at radius 1 is 1.26 bits per heavy atom. The molecule has 1 aromatic heterocycles. The maximum atomic E-state index is 6.17. The summed E-state index contributed by atoms with van der Waals surface area (Å²) in [6, 6.07) is 0. The average molecular weight is 364 g/mol. The molecule has 19 heavy (non-hydrogen) atoms. The summed E-state index contributed by atoms with van der Waals surface area (Å²) >= 11 is 11.6. The molecule has 2 nitrogen and oxygen atoms in total. The van der Waals surface area contributed by atoms with Crippen molar-refractivity contribution in [2.24, 2.45) is 0 Å². The highest BCUT2D eigenvalue weighted by Crippen LogP contribution is 2.31. The quantitative estimate of drug-likeness (QED) is 0.654. The molecule has 0 aliphatic heterocycles. The molecule has 0 N–H and O–H groups in total. The summed E-state index contributed by atoms with van der Waals surface area (Å²) in [7, 11) is 0. The zero-order valence-corrected chi connectivity index (χ0v) is 14.5. The summed E-state index contributed by atoms with van der Waals surface area (Å²) in [4.78, 5) is 9.03. The normalized spacial score (nSPS) is 16.8. The van der Waals surface area contributed by atoms with Crippen molar-refractivity contribution in [3.05, 3.63) is 21.1 Å². The van der Waals surface area contributed by atoms with Crippen LogP contribution < -0.4 is 0 Å². The first-order chi connectivity index (χ1) is 9.20. The van der Waals surface area contributed by atoms with Crippen molar-refractivity contribution in [3.8, 4) is 0 Å².